The first-order valence-corrected chi connectivity index (χ1v) is 6.55. The molecule has 1 aliphatic rings. The number of benzene rings is 2. The summed E-state index contributed by atoms with van der Waals surface area (Å²) in [6.45, 7) is 0. The Kier molecular flexibility index (Phi) is 2.58. The maximum atomic E-state index is 4.51. The molecular weight excluding hydrogens is 282 g/mol. The van der Waals surface area contributed by atoms with E-state index in [0.29, 0.717) is 0 Å². The number of hydrogen-bond acceptors (Lipinski definition) is 2. The summed E-state index contributed by atoms with van der Waals surface area (Å²) < 4.78 is 1.09. The lowest BCUT2D eigenvalue weighted by atomic mass is 10.2. The quantitative estimate of drug-likeness (QED) is 0.586. The number of para-hydroxylation sites is 1. The van der Waals surface area contributed by atoms with E-state index in [1.165, 1.54) is 9.79 Å². The average Bonchev–Trinajstić information content (AvgIpc) is 2.48. The summed E-state index contributed by atoms with van der Waals surface area (Å²) in [6, 6.07) is 14.4. The van der Waals surface area contributed by atoms with Crippen molar-refractivity contribution in [3.05, 3.63) is 52.5 Å². The molecule has 0 saturated carbocycles. The molecule has 1 nitrogen and oxygen atoms in total. The largest absolute Gasteiger partial charge is 0.255 e. The van der Waals surface area contributed by atoms with Crippen molar-refractivity contribution in [1.82, 2.24) is 0 Å². The van der Waals surface area contributed by atoms with Crippen LogP contribution in [-0.2, 0) is 0 Å². The number of nitrogens with zero attached hydrogens (tertiary/aromatic N) is 1. The van der Waals surface area contributed by atoms with Gasteiger partial charge in [0, 0.05) is 26.0 Å². The van der Waals surface area contributed by atoms with Crippen LogP contribution in [0.15, 0.2) is 61.7 Å². The van der Waals surface area contributed by atoms with Crippen LogP contribution in [-0.4, -0.2) is 6.21 Å². The summed E-state index contributed by atoms with van der Waals surface area (Å²) in [5.41, 5.74) is 2.19. The molecule has 78 valence electrons. The van der Waals surface area contributed by atoms with Crippen LogP contribution < -0.4 is 0 Å². The third kappa shape index (κ3) is 1.70. The van der Waals surface area contributed by atoms with Crippen LogP contribution in [0, 0.1) is 0 Å². The fraction of sp³-hybridized carbons (Fsp3) is 0. The van der Waals surface area contributed by atoms with Gasteiger partial charge in [0.05, 0.1) is 5.69 Å². The Morgan fingerprint density at radius 3 is 2.69 bits per heavy atom. The van der Waals surface area contributed by atoms with Gasteiger partial charge in [0.25, 0.3) is 0 Å². The van der Waals surface area contributed by atoms with Crippen molar-refractivity contribution >= 4 is 39.6 Å². The normalized spacial score (nSPS) is 12.8. The van der Waals surface area contributed by atoms with Crippen LogP contribution >= 0.6 is 27.7 Å². The first kappa shape index (κ1) is 10.1. The standard InChI is InChI=1S/C13H8BrNS/c14-10-4-3-7-12-9(10)8-15-11-5-1-2-6-13(11)16-12/h1-8H. The summed E-state index contributed by atoms with van der Waals surface area (Å²) in [5.74, 6) is 0. The van der Waals surface area contributed by atoms with Crippen molar-refractivity contribution in [1.29, 1.82) is 0 Å². The lowest BCUT2D eigenvalue weighted by molar-refractivity contribution is 1.38. The molecule has 0 spiro atoms. The maximum Gasteiger partial charge on any atom is 0.0769 e. The van der Waals surface area contributed by atoms with Crippen molar-refractivity contribution in [2.24, 2.45) is 4.99 Å². The average molecular weight is 290 g/mol. The van der Waals surface area contributed by atoms with Gasteiger partial charge in [0.2, 0.25) is 0 Å². The highest BCUT2D eigenvalue weighted by molar-refractivity contribution is 9.10. The third-order valence-electron chi connectivity index (χ3n) is 2.43. The Morgan fingerprint density at radius 1 is 0.938 bits per heavy atom. The monoisotopic (exact) mass is 289 g/mol. The summed E-state index contributed by atoms with van der Waals surface area (Å²) >= 11 is 5.32. The van der Waals surface area contributed by atoms with E-state index in [-0.39, 0.29) is 0 Å². The molecular formula is C13H8BrNS. The third-order valence-corrected chi connectivity index (χ3v) is 4.26. The van der Waals surface area contributed by atoms with Crippen LogP contribution in [0.3, 0.4) is 0 Å². The van der Waals surface area contributed by atoms with E-state index in [1.807, 2.05) is 30.5 Å². The predicted molar refractivity (Wildman–Crippen MR) is 72.0 cm³/mol. The Labute approximate surface area is 107 Å². The first-order chi connectivity index (χ1) is 7.84. The minimum absolute atomic E-state index is 1.04. The number of fused-ring (bicyclic) bond motifs is 2. The highest BCUT2D eigenvalue weighted by atomic mass is 79.9. The second-order valence-electron chi connectivity index (χ2n) is 3.48. The molecule has 0 saturated heterocycles. The van der Waals surface area contributed by atoms with Gasteiger partial charge < -0.3 is 0 Å². The van der Waals surface area contributed by atoms with E-state index in [9.17, 15) is 0 Å². The van der Waals surface area contributed by atoms with Crippen LogP contribution in [0.25, 0.3) is 0 Å². The molecule has 0 radical (unpaired) electrons. The minimum atomic E-state index is 1.04. The van der Waals surface area contributed by atoms with Crippen molar-refractivity contribution in [2.75, 3.05) is 0 Å². The molecule has 0 unspecified atom stereocenters. The van der Waals surface area contributed by atoms with Gasteiger partial charge in [-0.05, 0) is 24.3 Å². The second-order valence-corrected chi connectivity index (χ2v) is 5.42. The molecule has 0 fully saturated rings. The maximum absolute atomic E-state index is 4.51. The Bertz CT molecular complexity index is 578. The Balaban J connectivity index is 2.21. The zero-order chi connectivity index (χ0) is 11.0. The first-order valence-electron chi connectivity index (χ1n) is 4.94. The van der Waals surface area contributed by atoms with Crippen LogP contribution in [0.4, 0.5) is 5.69 Å². The summed E-state index contributed by atoms with van der Waals surface area (Å²) in [6.07, 6.45) is 1.93. The molecule has 2 aromatic rings. The molecule has 3 rings (SSSR count). The SMILES string of the molecule is Brc1cccc2c1C=Nc1ccccc1S2. The van der Waals surface area contributed by atoms with E-state index >= 15 is 0 Å². The molecule has 1 heterocycles. The van der Waals surface area contributed by atoms with E-state index in [2.05, 4.69) is 39.1 Å². The van der Waals surface area contributed by atoms with Gasteiger partial charge >= 0.3 is 0 Å². The molecule has 2 aromatic carbocycles. The van der Waals surface area contributed by atoms with E-state index in [4.69, 9.17) is 0 Å². The highest BCUT2D eigenvalue weighted by Crippen LogP contribution is 2.40. The molecule has 0 atom stereocenters. The van der Waals surface area contributed by atoms with Gasteiger partial charge in [-0.2, -0.15) is 0 Å². The van der Waals surface area contributed by atoms with E-state index in [0.717, 1.165) is 15.7 Å². The van der Waals surface area contributed by atoms with E-state index in [1.54, 1.807) is 11.8 Å². The lowest BCUT2D eigenvalue weighted by Gasteiger charge is -2.04. The van der Waals surface area contributed by atoms with Gasteiger partial charge in [-0.1, -0.05) is 45.9 Å². The molecule has 0 bridgehead atoms. The molecule has 0 N–H and O–H groups in total. The van der Waals surface area contributed by atoms with Crippen molar-refractivity contribution < 1.29 is 0 Å². The minimum Gasteiger partial charge on any atom is -0.255 e. The number of hydrogen-bond donors (Lipinski definition) is 0. The number of halogens is 1. The van der Waals surface area contributed by atoms with E-state index < -0.39 is 0 Å². The van der Waals surface area contributed by atoms with Crippen molar-refractivity contribution in [3.63, 3.8) is 0 Å². The Morgan fingerprint density at radius 2 is 1.75 bits per heavy atom. The molecule has 0 amide bonds. The van der Waals surface area contributed by atoms with Gasteiger partial charge in [-0.15, -0.1) is 0 Å². The van der Waals surface area contributed by atoms with Gasteiger partial charge in [0.15, 0.2) is 0 Å². The molecule has 0 aliphatic carbocycles. The smallest absolute Gasteiger partial charge is 0.0769 e. The zero-order valence-electron chi connectivity index (χ0n) is 8.35. The van der Waals surface area contributed by atoms with Crippen molar-refractivity contribution in [2.45, 2.75) is 9.79 Å². The number of rotatable bonds is 0. The van der Waals surface area contributed by atoms with Crippen LogP contribution in [0.1, 0.15) is 5.56 Å². The van der Waals surface area contributed by atoms with Gasteiger partial charge in [0.1, 0.15) is 0 Å². The summed E-state index contributed by atoms with van der Waals surface area (Å²) in [5, 5.41) is 0. The molecule has 16 heavy (non-hydrogen) atoms. The summed E-state index contributed by atoms with van der Waals surface area (Å²) in [7, 11) is 0. The topological polar surface area (TPSA) is 12.4 Å². The Hall–Kier alpha value is -1.06. The fourth-order valence-corrected chi connectivity index (χ4v) is 3.26. The van der Waals surface area contributed by atoms with Gasteiger partial charge in [-0.25, -0.2) is 0 Å². The molecule has 3 heteroatoms. The lowest BCUT2D eigenvalue weighted by Crippen LogP contribution is -1.85. The second kappa shape index (κ2) is 4.07. The fourth-order valence-electron chi connectivity index (χ4n) is 1.63. The predicted octanol–water partition coefficient (Wildman–Crippen LogP) is 4.66. The van der Waals surface area contributed by atoms with Gasteiger partial charge in [-0.3, -0.25) is 4.99 Å². The van der Waals surface area contributed by atoms with Crippen molar-refractivity contribution in [3.8, 4) is 0 Å². The number of aliphatic imine (C=N–C) groups is 1. The molecule has 0 aromatic heterocycles. The van der Waals surface area contributed by atoms with Crippen LogP contribution in [0.5, 0.6) is 0 Å². The zero-order valence-corrected chi connectivity index (χ0v) is 10.8. The van der Waals surface area contributed by atoms with Crippen LogP contribution in [0.2, 0.25) is 0 Å². The highest BCUT2D eigenvalue weighted by Gasteiger charge is 2.11. The summed E-state index contributed by atoms with van der Waals surface area (Å²) in [4.78, 5) is 6.96. The molecule has 1 aliphatic heterocycles.